The fourth-order valence-corrected chi connectivity index (χ4v) is 1.24. The van der Waals surface area contributed by atoms with Crippen molar-refractivity contribution in [1.29, 1.82) is 0 Å². The largest absolute Gasteiger partial charge is 0.715 e. The van der Waals surface area contributed by atoms with Crippen molar-refractivity contribution in [2.24, 2.45) is 11.1 Å². The van der Waals surface area contributed by atoms with Crippen LogP contribution >= 0.6 is 0 Å². The molecule has 0 radical (unpaired) electrons. The van der Waals surface area contributed by atoms with Crippen LogP contribution in [0.25, 0.3) is 0 Å². The first-order valence-corrected chi connectivity index (χ1v) is 3.52. The smallest absolute Gasteiger partial charge is 0.254 e. The Morgan fingerprint density at radius 2 is 1.77 bits per heavy atom. The van der Waals surface area contributed by atoms with E-state index in [1.54, 1.807) is 0 Å². The van der Waals surface area contributed by atoms with Gasteiger partial charge >= 0.3 is 0 Å². The van der Waals surface area contributed by atoms with E-state index in [1.807, 2.05) is 0 Å². The van der Waals surface area contributed by atoms with Crippen molar-refractivity contribution in [3.8, 4) is 0 Å². The second-order valence-corrected chi connectivity index (χ2v) is 3.04. The third-order valence-corrected chi connectivity index (χ3v) is 2.14. The molecule has 76 valence electrons. The van der Waals surface area contributed by atoms with Crippen LogP contribution in [0.3, 0.4) is 0 Å². The fraction of sp³-hybridized carbons (Fsp3) is 0.833. The van der Waals surface area contributed by atoms with Gasteiger partial charge in [0.05, 0.1) is 6.42 Å². The van der Waals surface area contributed by atoms with Gasteiger partial charge in [-0.15, -0.1) is 0 Å². The highest BCUT2D eigenvalue weighted by Gasteiger charge is 2.55. The summed E-state index contributed by atoms with van der Waals surface area (Å²) in [5, 5.41) is 10.7. The highest BCUT2D eigenvalue weighted by atomic mass is 19.3. The zero-order valence-electron chi connectivity index (χ0n) is 6.51. The standard InChI is InChI=1S/C6H8F4N2O/c7-4(8)6(5(9)10)1-3(11)12(13)2-6/h4-5H,1-2,11H2. The number of nitrogens with two attached hydrogens (primary N) is 1. The molecule has 0 bridgehead atoms. The van der Waals surface area contributed by atoms with E-state index in [1.165, 1.54) is 0 Å². The Balaban J connectivity index is 2.89. The maximum Gasteiger partial charge on any atom is 0.254 e. The van der Waals surface area contributed by atoms with Gasteiger partial charge in [-0.05, 0) is 0 Å². The third-order valence-electron chi connectivity index (χ3n) is 2.14. The van der Waals surface area contributed by atoms with E-state index in [-0.39, 0.29) is 4.74 Å². The molecule has 0 aromatic carbocycles. The van der Waals surface area contributed by atoms with Gasteiger partial charge in [-0.3, -0.25) is 10.5 Å². The van der Waals surface area contributed by atoms with Crippen LogP contribution in [0.2, 0.25) is 0 Å². The van der Waals surface area contributed by atoms with Crippen molar-refractivity contribution in [3.05, 3.63) is 5.21 Å². The number of alkyl halides is 4. The number of amidine groups is 1. The maximum atomic E-state index is 12.3. The van der Waals surface area contributed by atoms with Gasteiger partial charge in [0.25, 0.3) is 12.9 Å². The number of rotatable bonds is 2. The molecule has 0 aromatic heterocycles. The van der Waals surface area contributed by atoms with Crippen molar-refractivity contribution >= 4 is 5.84 Å². The molecule has 0 saturated carbocycles. The average Bonchev–Trinajstić information content (AvgIpc) is 2.29. The lowest BCUT2D eigenvalue weighted by atomic mass is 9.87. The van der Waals surface area contributed by atoms with E-state index in [9.17, 15) is 22.8 Å². The molecule has 1 aliphatic rings. The molecule has 1 aliphatic heterocycles. The van der Waals surface area contributed by atoms with Crippen molar-refractivity contribution in [3.63, 3.8) is 0 Å². The van der Waals surface area contributed by atoms with Crippen LogP contribution in [0, 0.1) is 10.6 Å². The van der Waals surface area contributed by atoms with Gasteiger partial charge in [0.1, 0.15) is 12.0 Å². The molecule has 0 atom stereocenters. The van der Waals surface area contributed by atoms with Crippen molar-refractivity contribution in [2.45, 2.75) is 19.3 Å². The minimum absolute atomic E-state index is 0.00167. The molecule has 1 rings (SSSR count). The fourth-order valence-electron chi connectivity index (χ4n) is 1.24. The molecule has 13 heavy (non-hydrogen) atoms. The molecule has 0 aromatic rings. The molecular formula is C6H8F4N2O. The summed E-state index contributed by atoms with van der Waals surface area (Å²) in [7, 11) is 0. The summed E-state index contributed by atoms with van der Waals surface area (Å²) in [6, 6.07) is 0. The number of hydrogen-bond acceptors (Lipinski definition) is 2. The predicted octanol–water partition coefficient (Wildman–Crippen LogP) is 0.774. The summed E-state index contributed by atoms with van der Waals surface area (Å²) in [6.45, 7) is -0.936. The van der Waals surface area contributed by atoms with Crippen LogP contribution in [0.5, 0.6) is 0 Å². The van der Waals surface area contributed by atoms with Crippen LogP contribution in [-0.4, -0.2) is 30.0 Å². The summed E-state index contributed by atoms with van der Waals surface area (Å²) in [4.78, 5) is 0. The Kier molecular flexibility index (Phi) is 2.36. The molecule has 7 heteroatoms. The highest BCUT2D eigenvalue weighted by molar-refractivity contribution is 5.77. The van der Waals surface area contributed by atoms with Gasteiger partial charge in [0, 0.05) is 0 Å². The number of halogens is 4. The van der Waals surface area contributed by atoms with E-state index in [4.69, 9.17) is 5.73 Å². The molecule has 3 nitrogen and oxygen atoms in total. The molecule has 0 amide bonds. The maximum absolute atomic E-state index is 12.3. The molecule has 0 saturated heterocycles. The molecule has 2 N–H and O–H groups in total. The molecule has 0 unspecified atom stereocenters. The summed E-state index contributed by atoms with van der Waals surface area (Å²) in [5.74, 6) is -0.458. The van der Waals surface area contributed by atoms with Crippen molar-refractivity contribution in [1.82, 2.24) is 0 Å². The lowest BCUT2D eigenvalue weighted by Crippen LogP contribution is -2.40. The number of hydrogen-bond donors (Lipinski definition) is 1. The summed E-state index contributed by atoms with van der Waals surface area (Å²) in [6.07, 6.45) is -7.23. The number of hydroxylamine groups is 1. The van der Waals surface area contributed by atoms with E-state index in [0.717, 1.165) is 0 Å². The SMILES string of the molecule is NC1=[N+]([O-])CC(C(F)F)(C(F)F)C1. The summed E-state index contributed by atoms with van der Waals surface area (Å²) < 4.78 is 49.1. The minimum atomic E-state index is -3.25. The molecule has 0 aliphatic carbocycles. The molecule has 1 heterocycles. The minimum Gasteiger partial charge on any atom is -0.715 e. The molecule has 0 fully saturated rings. The summed E-state index contributed by atoms with van der Waals surface area (Å²) >= 11 is 0. The normalized spacial score (nSPS) is 22.0. The second kappa shape index (κ2) is 3.04. The average molecular weight is 200 g/mol. The van der Waals surface area contributed by atoms with E-state index in [0.29, 0.717) is 0 Å². The Morgan fingerprint density at radius 3 is 1.92 bits per heavy atom. The van der Waals surface area contributed by atoms with Crippen molar-refractivity contribution < 1.29 is 22.3 Å². The summed E-state index contributed by atoms with van der Waals surface area (Å²) in [5.41, 5.74) is 2.42. The first-order chi connectivity index (χ1) is 5.90. The Labute approximate surface area is 71.4 Å². The zero-order chi connectivity index (χ0) is 10.2. The van der Waals surface area contributed by atoms with Gasteiger partial charge in [-0.2, -0.15) is 0 Å². The van der Waals surface area contributed by atoms with Crippen LogP contribution in [0.4, 0.5) is 17.6 Å². The monoisotopic (exact) mass is 200 g/mol. The second-order valence-electron chi connectivity index (χ2n) is 3.04. The zero-order valence-corrected chi connectivity index (χ0v) is 6.51. The Hall–Kier alpha value is -1.01. The van der Waals surface area contributed by atoms with Gasteiger partial charge < -0.3 is 5.21 Å². The lowest BCUT2D eigenvalue weighted by Gasteiger charge is -2.24. The van der Waals surface area contributed by atoms with E-state index >= 15 is 0 Å². The van der Waals surface area contributed by atoms with Crippen LogP contribution < -0.4 is 5.73 Å². The molecule has 0 spiro atoms. The quantitative estimate of drug-likeness (QED) is 0.406. The lowest BCUT2D eigenvalue weighted by molar-refractivity contribution is -0.471. The van der Waals surface area contributed by atoms with Gasteiger partial charge in [-0.25, -0.2) is 17.6 Å². The van der Waals surface area contributed by atoms with Gasteiger partial charge in [0.2, 0.25) is 5.84 Å². The van der Waals surface area contributed by atoms with Gasteiger partial charge in [0.15, 0.2) is 0 Å². The first kappa shape index (κ1) is 10.1. The first-order valence-electron chi connectivity index (χ1n) is 3.52. The van der Waals surface area contributed by atoms with E-state index < -0.39 is 37.1 Å². The topological polar surface area (TPSA) is 52.1 Å². The van der Waals surface area contributed by atoms with Crippen molar-refractivity contribution in [2.75, 3.05) is 6.54 Å². The Bertz CT molecular complexity index is 217. The molecular weight excluding hydrogens is 192 g/mol. The number of nitrogens with zero attached hydrogens (tertiary/aromatic N) is 1. The Morgan fingerprint density at radius 1 is 1.31 bits per heavy atom. The van der Waals surface area contributed by atoms with Crippen LogP contribution in [-0.2, 0) is 0 Å². The van der Waals surface area contributed by atoms with E-state index in [2.05, 4.69) is 0 Å². The predicted molar refractivity (Wildman–Crippen MR) is 36.7 cm³/mol. The van der Waals surface area contributed by atoms with Crippen LogP contribution in [0.15, 0.2) is 0 Å². The third kappa shape index (κ3) is 1.42. The van der Waals surface area contributed by atoms with Crippen LogP contribution in [0.1, 0.15) is 6.42 Å². The highest BCUT2D eigenvalue weighted by Crippen LogP contribution is 2.39. The van der Waals surface area contributed by atoms with Gasteiger partial charge in [-0.1, -0.05) is 0 Å².